The molecular weight excluding hydrogens is 528 g/mol. The normalized spacial score (nSPS) is 11.3. The number of carbonyl (C=O) groups excluding carboxylic acids is 1. The number of phenolic OH excluding ortho intramolecular Hbond substituents is 1. The number of benzene rings is 1. The van der Waals surface area contributed by atoms with Crippen molar-refractivity contribution in [3.05, 3.63) is 29.8 Å². The highest BCUT2D eigenvalue weighted by molar-refractivity contribution is 5.69. The van der Waals surface area contributed by atoms with Crippen LogP contribution in [0.2, 0.25) is 0 Å². The summed E-state index contributed by atoms with van der Waals surface area (Å²) >= 11 is 0. The number of esters is 1. The molecule has 0 unspecified atom stereocenters. The van der Waals surface area contributed by atoms with Crippen molar-refractivity contribution in [1.82, 2.24) is 0 Å². The Bertz CT molecular complexity index is 698. The molecule has 0 aliphatic rings. The molecule has 0 aliphatic carbocycles. The molecule has 43 heavy (non-hydrogen) atoms. The number of rotatable bonds is 33. The maximum Gasteiger partial charge on any atom is 0.305 e. The molecule has 1 rings (SSSR count). The zero-order chi connectivity index (χ0) is 30.9. The molecule has 0 heterocycles. The number of aromatic hydroxyl groups is 1. The molecule has 0 radical (unpaired) electrons. The van der Waals surface area contributed by atoms with E-state index >= 15 is 0 Å². The highest BCUT2D eigenvalue weighted by Crippen LogP contribution is 2.17. The SMILES string of the molecule is CCCCCCCCCCCCCCCCCCCCCCCCCCCCCCCC(=O)OCCc1ccc(O)cc1. The summed E-state index contributed by atoms with van der Waals surface area (Å²) in [6.07, 6.45) is 41.9. The van der Waals surface area contributed by atoms with Gasteiger partial charge in [-0.1, -0.05) is 199 Å². The summed E-state index contributed by atoms with van der Waals surface area (Å²) in [7, 11) is 0. The lowest BCUT2D eigenvalue weighted by Gasteiger charge is -2.06. The Hall–Kier alpha value is -1.51. The quantitative estimate of drug-likeness (QED) is 0.0644. The third-order valence-electron chi connectivity index (χ3n) is 9.07. The lowest BCUT2D eigenvalue weighted by molar-refractivity contribution is -0.143. The fraction of sp³-hybridized carbons (Fsp3) is 0.825. The first kappa shape index (κ1) is 39.5. The van der Waals surface area contributed by atoms with Crippen molar-refractivity contribution in [2.75, 3.05) is 6.61 Å². The van der Waals surface area contributed by atoms with Crippen LogP contribution >= 0.6 is 0 Å². The molecule has 0 fully saturated rings. The molecule has 1 aromatic rings. The Morgan fingerprint density at radius 2 is 0.791 bits per heavy atom. The molecule has 1 aromatic carbocycles. The smallest absolute Gasteiger partial charge is 0.305 e. The van der Waals surface area contributed by atoms with Gasteiger partial charge in [-0.25, -0.2) is 0 Å². The average molecular weight is 601 g/mol. The van der Waals surface area contributed by atoms with Gasteiger partial charge in [0.2, 0.25) is 0 Å². The first-order chi connectivity index (χ1) is 21.2. The summed E-state index contributed by atoms with van der Waals surface area (Å²) in [5.41, 5.74) is 1.08. The first-order valence-electron chi connectivity index (χ1n) is 19.2. The van der Waals surface area contributed by atoms with Crippen molar-refractivity contribution >= 4 is 5.97 Å². The van der Waals surface area contributed by atoms with Gasteiger partial charge in [0.05, 0.1) is 6.61 Å². The van der Waals surface area contributed by atoms with Crippen LogP contribution in [0.15, 0.2) is 24.3 Å². The van der Waals surface area contributed by atoms with E-state index < -0.39 is 0 Å². The topological polar surface area (TPSA) is 46.5 Å². The van der Waals surface area contributed by atoms with Gasteiger partial charge in [-0.15, -0.1) is 0 Å². The Balaban J connectivity index is 1.67. The van der Waals surface area contributed by atoms with Crippen molar-refractivity contribution in [2.24, 2.45) is 0 Å². The number of hydrogen-bond acceptors (Lipinski definition) is 3. The third kappa shape index (κ3) is 29.0. The van der Waals surface area contributed by atoms with Gasteiger partial charge in [0.25, 0.3) is 0 Å². The second kappa shape index (κ2) is 31.9. The number of phenols is 1. The van der Waals surface area contributed by atoms with Crippen LogP contribution in [0.5, 0.6) is 5.75 Å². The van der Waals surface area contributed by atoms with Gasteiger partial charge in [0, 0.05) is 12.8 Å². The molecule has 0 aliphatic heterocycles. The van der Waals surface area contributed by atoms with E-state index in [1.807, 2.05) is 12.1 Å². The Morgan fingerprint density at radius 1 is 0.488 bits per heavy atom. The van der Waals surface area contributed by atoms with Gasteiger partial charge in [-0.05, 0) is 24.1 Å². The van der Waals surface area contributed by atoms with Crippen LogP contribution in [0, 0.1) is 0 Å². The summed E-state index contributed by atoms with van der Waals surface area (Å²) in [5, 5.41) is 9.31. The molecule has 0 atom stereocenters. The molecule has 0 spiro atoms. The van der Waals surface area contributed by atoms with E-state index in [2.05, 4.69) is 6.92 Å². The Kier molecular flexibility index (Phi) is 29.3. The van der Waals surface area contributed by atoms with Crippen LogP contribution in [0.4, 0.5) is 0 Å². The predicted octanol–water partition coefficient (Wildman–Crippen LogP) is 13.2. The van der Waals surface area contributed by atoms with Gasteiger partial charge in [-0.2, -0.15) is 0 Å². The molecule has 0 amide bonds. The summed E-state index contributed by atoms with van der Waals surface area (Å²) < 4.78 is 5.34. The van der Waals surface area contributed by atoms with E-state index in [4.69, 9.17) is 4.74 Å². The van der Waals surface area contributed by atoms with Crippen LogP contribution in [0.1, 0.15) is 205 Å². The van der Waals surface area contributed by atoms with Crippen LogP contribution in [0.25, 0.3) is 0 Å². The number of ether oxygens (including phenoxy) is 1. The van der Waals surface area contributed by atoms with Crippen molar-refractivity contribution in [2.45, 2.75) is 206 Å². The van der Waals surface area contributed by atoms with Crippen LogP contribution in [0.3, 0.4) is 0 Å². The van der Waals surface area contributed by atoms with Crippen molar-refractivity contribution in [3.8, 4) is 5.75 Å². The van der Waals surface area contributed by atoms with Crippen molar-refractivity contribution < 1.29 is 14.6 Å². The van der Waals surface area contributed by atoms with E-state index in [-0.39, 0.29) is 11.7 Å². The number of hydrogen-bond donors (Lipinski definition) is 1. The average Bonchev–Trinajstić information content (AvgIpc) is 3.01. The van der Waals surface area contributed by atoms with E-state index in [0.717, 1.165) is 18.4 Å². The standard InChI is InChI=1S/C40H72O3/c1-2-3-4-5-6-7-8-9-10-11-12-13-14-15-16-17-18-19-20-21-22-23-24-25-26-27-28-29-30-31-40(42)43-37-36-38-32-34-39(41)35-33-38/h32-35,41H,2-31,36-37H2,1H3. The molecule has 0 saturated heterocycles. The van der Waals surface area contributed by atoms with Crippen molar-refractivity contribution in [1.29, 1.82) is 0 Å². The van der Waals surface area contributed by atoms with E-state index in [1.54, 1.807) is 12.1 Å². The van der Waals surface area contributed by atoms with E-state index in [9.17, 15) is 9.90 Å². The van der Waals surface area contributed by atoms with Gasteiger partial charge >= 0.3 is 5.97 Å². The molecule has 250 valence electrons. The fourth-order valence-electron chi connectivity index (χ4n) is 6.13. The van der Waals surface area contributed by atoms with Crippen LogP contribution < -0.4 is 0 Å². The fourth-order valence-corrected chi connectivity index (χ4v) is 6.13. The minimum atomic E-state index is -0.0798. The molecule has 3 nitrogen and oxygen atoms in total. The summed E-state index contributed by atoms with van der Waals surface area (Å²) in [6.45, 7) is 2.72. The molecular formula is C40H72O3. The predicted molar refractivity (Wildman–Crippen MR) is 187 cm³/mol. The first-order valence-corrected chi connectivity index (χ1v) is 19.2. The lowest BCUT2D eigenvalue weighted by Crippen LogP contribution is -2.07. The van der Waals surface area contributed by atoms with Crippen LogP contribution in [-0.4, -0.2) is 17.7 Å². The summed E-state index contributed by atoms with van der Waals surface area (Å²) in [4.78, 5) is 11.9. The molecule has 1 N–H and O–H groups in total. The largest absolute Gasteiger partial charge is 0.508 e. The second-order valence-electron chi connectivity index (χ2n) is 13.3. The lowest BCUT2D eigenvalue weighted by atomic mass is 10.0. The summed E-state index contributed by atoms with van der Waals surface area (Å²) in [6, 6.07) is 7.07. The molecule has 3 heteroatoms. The minimum Gasteiger partial charge on any atom is -0.508 e. The van der Waals surface area contributed by atoms with Crippen LogP contribution in [-0.2, 0) is 16.0 Å². The molecule has 0 bridgehead atoms. The molecule has 0 saturated carbocycles. The van der Waals surface area contributed by atoms with Gasteiger partial charge in [-0.3, -0.25) is 4.79 Å². The third-order valence-corrected chi connectivity index (χ3v) is 9.07. The maximum absolute atomic E-state index is 11.9. The molecule has 0 aromatic heterocycles. The summed E-state index contributed by atoms with van der Waals surface area (Å²) in [5.74, 6) is 0.186. The highest BCUT2D eigenvalue weighted by atomic mass is 16.5. The zero-order valence-corrected chi connectivity index (χ0v) is 28.7. The highest BCUT2D eigenvalue weighted by Gasteiger charge is 2.03. The van der Waals surface area contributed by atoms with E-state index in [1.165, 1.54) is 173 Å². The Labute approximate surface area is 268 Å². The number of unbranched alkanes of at least 4 members (excludes halogenated alkanes) is 28. The Morgan fingerprint density at radius 3 is 1.12 bits per heavy atom. The maximum atomic E-state index is 11.9. The van der Waals surface area contributed by atoms with Gasteiger partial charge in [0.15, 0.2) is 0 Å². The zero-order valence-electron chi connectivity index (χ0n) is 28.7. The van der Waals surface area contributed by atoms with E-state index in [0.29, 0.717) is 19.4 Å². The van der Waals surface area contributed by atoms with Gasteiger partial charge < -0.3 is 9.84 Å². The van der Waals surface area contributed by atoms with Gasteiger partial charge in [0.1, 0.15) is 5.75 Å². The minimum absolute atomic E-state index is 0.0798. The second-order valence-corrected chi connectivity index (χ2v) is 13.3. The monoisotopic (exact) mass is 601 g/mol. The van der Waals surface area contributed by atoms with Crippen molar-refractivity contribution in [3.63, 3.8) is 0 Å². The number of carbonyl (C=O) groups is 1.